The molecule has 352 valence electrons. The Morgan fingerprint density at radius 1 is 0.879 bits per heavy atom. The van der Waals surface area contributed by atoms with E-state index < -0.39 is 59.1 Å². The van der Waals surface area contributed by atoms with Crippen LogP contribution in [0.4, 0.5) is 16.2 Å². The molecule has 0 saturated carbocycles. The highest BCUT2D eigenvalue weighted by Crippen LogP contribution is 2.41. The summed E-state index contributed by atoms with van der Waals surface area (Å²) < 4.78 is 18.2. The summed E-state index contributed by atoms with van der Waals surface area (Å²) >= 11 is 0. The van der Waals surface area contributed by atoms with E-state index in [4.69, 9.17) is 36.4 Å². The minimum Gasteiger partial charge on any atom is -0.457 e. The van der Waals surface area contributed by atoms with Crippen LogP contribution in [0.25, 0.3) is 22.3 Å². The Balaban J connectivity index is 0.00000317. The lowest BCUT2D eigenvalue weighted by atomic mass is 9.85. The number of cyclic esters (lactones) is 1. The molecule has 66 heavy (non-hydrogen) atoms. The number of benzene rings is 3. The fourth-order valence-electron chi connectivity index (χ4n) is 7.81. The number of aromatic nitrogens is 2. The van der Waals surface area contributed by atoms with Crippen molar-refractivity contribution in [3.63, 3.8) is 0 Å². The quantitative estimate of drug-likeness (QED) is 0.0428. The van der Waals surface area contributed by atoms with E-state index in [-0.39, 0.29) is 87.4 Å². The molecule has 2 aromatic heterocycles. The largest absolute Gasteiger partial charge is 0.510 e. The highest BCUT2D eigenvalue weighted by molar-refractivity contribution is 5.99. The lowest BCUT2D eigenvalue weighted by Gasteiger charge is -2.35. The number of amides is 3. The number of ether oxygens (including phenoxy) is 3. The van der Waals surface area contributed by atoms with E-state index in [2.05, 4.69) is 16.0 Å². The Morgan fingerprint density at radius 2 is 1.59 bits per heavy atom. The van der Waals surface area contributed by atoms with Gasteiger partial charge in [0.1, 0.15) is 25.3 Å². The van der Waals surface area contributed by atoms with Crippen molar-refractivity contribution in [2.24, 2.45) is 11.5 Å². The number of unbranched alkanes of at least 4 members (excludes halogenated alkanes) is 1. The van der Waals surface area contributed by atoms with Gasteiger partial charge < -0.3 is 51.9 Å². The van der Waals surface area contributed by atoms with Crippen LogP contribution >= 0.6 is 37.2 Å². The van der Waals surface area contributed by atoms with Gasteiger partial charge in [-0.3, -0.25) is 19.2 Å². The highest BCUT2D eigenvalue weighted by atomic mass is 35.5. The molecule has 0 unspecified atom stereocenters. The number of hydrogen-bond donors (Lipinski definition) is 6. The van der Waals surface area contributed by atoms with Crippen LogP contribution in [0.3, 0.4) is 0 Å². The predicted molar refractivity (Wildman–Crippen MR) is 255 cm³/mol. The fraction of sp³-hybridized carbons (Fsp3) is 0.326. The minimum atomic E-state index is -1.97. The summed E-state index contributed by atoms with van der Waals surface area (Å²) in [5, 5.41) is 9.08. The van der Waals surface area contributed by atoms with E-state index >= 15 is 0 Å². The summed E-state index contributed by atoms with van der Waals surface area (Å²) in [6.45, 7) is 3.24. The van der Waals surface area contributed by atoms with Crippen LogP contribution in [0.2, 0.25) is 0 Å². The Bertz CT molecular complexity index is 2630. The van der Waals surface area contributed by atoms with Gasteiger partial charge in [0.05, 0.1) is 35.1 Å². The number of nitrogens with two attached hydrogens (primary N) is 3. The van der Waals surface area contributed by atoms with Crippen LogP contribution in [0.5, 0.6) is 0 Å². The minimum absolute atomic E-state index is 0. The number of esters is 1. The van der Waals surface area contributed by atoms with Gasteiger partial charge in [0, 0.05) is 34.3 Å². The molecule has 2 aliphatic rings. The van der Waals surface area contributed by atoms with Gasteiger partial charge in [0.25, 0.3) is 5.56 Å². The van der Waals surface area contributed by atoms with Gasteiger partial charge in [-0.1, -0.05) is 55.5 Å². The second-order valence-electron chi connectivity index (χ2n) is 15.7. The first kappa shape index (κ1) is 52.4. The molecular formula is C46H53Cl3N8O9. The molecule has 17 nitrogen and oxygen atoms in total. The number of pyridine rings is 2. The first-order chi connectivity index (χ1) is 30.3. The number of halogens is 3. The van der Waals surface area contributed by atoms with Crippen molar-refractivity contribution in [3.05, 3.63) is 123 Å². The third kappa shape index (κ3) is 11.2. The maximum absolute atomic E-state index is 13.9. The molecule has 4 heterocycles. The van der Waals surface area contributed by atoms with Crippen molar-refractivity contribution in [1.82, 2.24) is 20.2 Å². The van der Waals surface area contributed by atoms with Crippen molar-refractivity contribution in [1.29, 1.82) is 0 Å². The van der Waals surface area contributed by atoms with Gasteiger partial charge in [-0.15, -0.1) is 37.2 Å². The van der Waals surface area contributed by atoms with Gasteiger partial charge >= 0.3 is 12.1 Å². The van der Waals surface area contributed by atoms with E-state index in [1.807, 2.05) is 42.5 Å². The zero-order valence-electron chi connectivity index (χ0n) is 36.2. The van der Waals surface area contributed by atoms with Crippen molar-refractivity contribution in [2.45, 2.75) is 89.4 Å². The van der Waals surface area contributed by atoms with Gasteiger partial charge in [0.2, 0.25) is 23.3 Å². The average Bonchev–Trinajstić information content (AvgIpc) is 3.64. The topological polar surface area (TPSA) is 262 Å². The van der Waals surface area contributed by atoms with Crippen molar-refractivity contribution in [3.8, 4) is 11.4 Å². The van der Waals surface area contributed by atoms with Crippen LogP contribution in [-0.2, 0) is 65.2 Å². The molecule has 2 aliphatic heterocycles. The maximum atomic E-state index is 13.9. The van der Waals surface area contributed by atoms with E-state index in [0.29, 0.717) is 53.2 Å². The highest BCUT2D eigenvalue weighted by Gasteiger charge is 2.51. The molecule has 0 aliphatic carbocycles. The molecular weight excluding hydrogens is 915 g/mol. The molecule has 3 amide bonds. The summed E-state index contributed by atoms with van der Waals surface area (Å²) in [4.78, 5) is 85.3. The first-order valence-electron chi connectivity index (χ1n) is 20.8. The fourth-order valence-corrected chi connectivity index (χ4v) is 7.81. The summed E-state index contributed by atoms with van der Waals surface area (Å²) in [5.74, 6) is -2.38. The van der Waals surface area contributed by atoms with Crippen LogP contribution in [0.15, 0.2) is 89.7 Å². The molecule has 0 bridgehead atoms. The molecule has 0 radical (unpaired) electrons. The van der Waals surface area contributed by atoms with Crippen LogP contribution in [-0.4, -0.2) is 64.1 Å². The number of nitrogens with zero attached hydrogens (tertiary/aromatic N) is 2. The lowest BCUT2D eigenvalue weighted by Crippen LogP contribution is -2.55. The zero-order chi connectivity index (χ0) is 44.8. The Labute approximate surface area is 399 Å². The number of nitrogen functional groups attached to an aromatic ring is 1. The molecule has 20 heteroatoms. The number of rotatable bonds is 16. The number of fused-ring (bicyclic) bond motifs is 5. The van der Waals surface area contributed by atoms with Crippen molar-refractivity contribution < 1.29 is 38.2 Å². The monoisotopic (exact) mass is 966 g/mol. The maximum Gasteiger partial charge on any atom is 0.510 e. The molecule has 3 aromatic carbocycles. The normalized spacial score (nSPS) is 15.6. The van der Waals surface area contributed by atoms with Crippen LogP contribution in [0.1, 0.15) is 67.3 Å². The average molecular weight is 968 g/mol. The third-order valence-corrected chi connectivity index (χ3v) is 11.3. The first-order valence-corrected chi connectivity index (χ1v) is 20.8. The molecule has 7 rings (SSSR count). The third-order valence-electron chi connectivity index (χ3n) is 11.3. The molecule has 5 aromatic rings. The Morgan fingerprint density at radius 3 is 2.27 bits per heavy atom. The predicted octanol–water partition coefficient (Wildman–Crippen LogP) is 4.92. The molecule has 4 atom stereocenters. The molecule has 0 fully saturated rings. The molecule has 9 N–H and O–H groups in total. The molecule has 0 spiro atoms. The second kappa shape index (κ2) is 22.8. The van der Waals surface area contributed by atoms with Gasteiger partial charge in [-0.2, -0.15) is 0 Å². The van der Waals surface area contributed by atoms with E-state index in [1.54, 1.807) is 54.0 Å². The number of hydrogen-bond acceptors (Lipinski definition) is 13. The van der Waals surface area contributed by atoms with Gasteiger partial charge in [-0.25, -0.2) is 14.6 Å². The number of carbonyl (C=O) groups is 5. The lowest BCUT2D eigenvalue weighted by molar-refractivity contribution is -0.175. The standard InChI is InChI=1S/C46H50N8O9.3ClH/c1-3-46(33-22-38-39-29(21-31-34(49)12-9-14-35(31)51-39)23-54(38)43(58)32(33)25-61-44(46)59)63-45(60)62-24-28-15-17-30(18-16-28)50-41(56)36(13-7-8-19-47)52-42(57)37(53-40(55)26(2)48)20-27-10-5-4-6-11-27;;;/h4-6,9-12,14-18,21-22,26,36-37H,3,7-8,13,19-20,23-25,47-49H2,1-2H3,(H,50,56)(H,52,57)(H,53,55);3*1H/t26-,36+,37+,46+;;;/m1.../s1. The summed E-state index contributed by atoms with van der Waals surface area (Å²) in [6, 6.07) is 21.7. The van der Waals surface area contributed by atoms with Crippen molar-refractivity contribution >= 4 is 89.3 Å². The van der Waals surface area contributed by atoms with E-state index in [1.165, 1.54) is 6.92 Å². The number of carbonyl (C=O) groups excluding carboxylic acids is 5. The number of anilines is 2. The summed E-state index contributed by atoms with van der Waals surface area (Å²) in [5.41, 5.74) is 20.4. The van der Waals surface area contributed by atoms with E-state index in [0.717, 1.165) is 16.5 Å². The van der Waals surface area contributed by atoms with Gasteiger partial charge in [0.15, 0.2) is 0 Å². The Hall–Kier alpha value is -6.24. The number of nitrogens with one attached hydrogen (secondary N) is 3. The molecule has 0 saturated heterocycles. The van der Waals surface area contributed by atoms with Gasteiger partial charge in [-0.05, 0) is 86.7 Å². The van der Waals surface area contributed by atoms with E-state index in [9.17, 15) is 28.8 Å². The van der Waals surface area contributed by atoms with Crippen LogP contribution in [0, 0.1) is 0 Å². The SMILES string of the molecule is CC[C@@]1(OC(=O)OCc2ccc(NC(=O)[C@H](CCCCN)NC(=O)[C@H](Cc3ccccc3)NC(=O)[C@@H](C)N)cc2)C(=O)OCc2c1cc1n(c2=O)Cc2cc3c(N)cccc3nc2-1.Cl.Cl.Cl. The smallest absolute Gasteiger partial charge is 0.457 e. The Kier molecular flexibility index (Phi) is 18.1. The van der Waals surface area contributed by atoms with Crippen molar-refractivity contribution in [2.75, 3.05) is 17.6 Å². The zero-order valence-corrected chi connectivity index (χ0v) is 38.7. The second-order valence-corrected chi connectivity index (χ2v) is 15.7. The summed E-state index contributed by atoms with van der Waals surface area (Å²) in [6.07, 6.45) is 0.421. The summed E-state index contributed by atoms with van der Waals surface area (Å²) in [7, 11) is 0. The van der Waals surface area contributed by atoms with Crippen LogP contribution < -0.4 is 38.7 Å².